The van der Waals surface area contributed by atoms with Crippen LogP contribution in [0.4, 0.5) is 22.9 Å². The fourth-order valence-electron chi connectivity index (χ4n) is 9.95. The number of piperazine rings is 1. The highest BCUT2D eigenvalue weighted by Crippen LogP contribution is 2.42. The van der Waals surface area contributed by atoms with Gasteiger partial charge in [0.15, 0.2) is 11.5 Å². The van der Waals surface area contributed by atoms with Crippen LogP contribution in [0.5, 0.6) is 11.5 Å². The molecule has 0 spiro atoms. The molecule has 65 heavy (non-hydrogen) atoms. The highest BCUT2D eigenvalue weighted by Gasteiger charge is 2.29. The number of carbonyl (C=O) groups excluding carboxylic acids is 1. The number of hydrogen-bond donors (Lipinski definition) is 4. The third-order valence-electron chi connectivity index (χ3n) is 13.6. The van der Waals surface area contributed by atoms with Gasteiger partial charge >= 0.3 is 5.97 Å². The van der Waals surface area contributed by atoms with Crippen LogP contribution < -0.4 is 41.2 Å². The summed E-state index contributed by atoms with van der Waals surface area (Å²) in [6, 6.07) is 20.5. The van der Waals surface area contributed by atoms with E-state index in [1.54, 1.807) is 32.2 Å². The van der Waals surface area contributed by atoms with Crippen LogP contribution in [0, 0.1) is 12.8 Å². The standard InChI is InChI=1S/C49H66N10O5S/c1-32-10-11-35(40(28-47(60)61)36-25-41(50)48(55(3)51)44(26-36)63-4)24-37(32)31-59-29-33(2)64-43-27-39(12-14-45(43)65-59)57-22-20-56(21-23-57)30-34-16-18-58(19-17-34)46-15-13-42(53-54-46)49(62)52-38-8-6-5-7-9-38/h10-15,24-27,33-34,38,40H,5-9,16-23,28-31,50-51H2,1-4H3,(H,52,62)(H,60,61). The zero-order chi connectivity index (χ0) is 45.6. The number of aliphatic carboxylic acids is 1. The van der Waals surface area contributed by atoms with Crippen LogP contribution in [-0.4, -0.2) is 115 Å². The quantitative estimate of drug-likeness (QED) is 0.0455. The van der Waals surface area contributed by atoms with Crippen LogP contribution >= 0.6 is 11.9 Å². The number of hydrogen-bond acceptors (Lipinski definition) is 14. The van der Waals surface area contributed by atoms with E-state index in [2.05, 4.69) is 78.7 Å². The van der Waals surface area contributed by atoms with Gasteiger partial charge < -0.3 is 40.4 Å². The SMILES string of the molecule is COc1cc(C(CC(=O)O)c2ccc(C)c(CN3CC(C)Oc4cc(N5CCN(CC6CCN(c7ccc(C(=O)NC8CCCCC8)nn7)CC6)CC5)ccc4S3)c2)cc(N)c1N(C)N. The molecule has 4 aromatic rings. The van der Waals surface area contributed by atoms with Gasteiger partial charge in [-0.2, -0.15) is 0 Å². The molecule has 0 radical (unpaired) electrons. The number of benzene rings is 3. The number of carboxylic acids is 1. The minimum absolute atomic E-state index is 0.0380. The van der Waals surface area contributed by atoms with Crippen LogP contribution in [0.2, 0.25) is 0 Å². The van der Waals surface area contributed by atoms with Crippen molar-refractivity contribution >= 4 is 46.7 Å². The van der Waals surface area contributed by atoms with E-state index >= 15 is 0 Å². The molecule has 2 atom stereocenters. The Morgan fingerprint density at radius 1 is 0.938 bits per heavy atom. The van der Waals surface area contributed by atoms with Gasteiger partial charge in [-0.1, -0.05) is 37.5 Å². The predicted octanol–water partition coefficient (Wildman–Crippen LogP) is 6.68. The first kappa shape index (κ1) is 46.2. The summed E-state index contributed by atoms with van der Waals surface area (Å²) in [5.74, 6) is 7.48. The molecule has 2 saturated heterocycles. The number of carbonyl (C=O) groups is 2. The van der Waals surface area contributed by atoms with E-state index in [9.17, 15) is 14.7 Å². The van der Waals surface area contributed by atoms with Crippen LogP contribution in [0.25, 0.3) is 0 Å². The minimum atomic E-state index is -0.901. The third kappa shape index (κ3) is 11.4. The Bertz CT molecular complexity index is 2280. The van der Waals surface area contributed by atoms with E-state index in [0.29, 0.717) is 35.3 Å². The third-order valence-corrected chi connectivity index (χ3v) is 14.6. The number of rotatable bonds is 14. The van der Waals surface area contributed by atoms with Gasteiger partial charge in [0.25, 0.3) is 5.91 Å². The Labute approximate surface area is 387 Å². The molecule has 3 aliphatic heterocycles. The fraction of sp³-hybridized carbons (Fsp3) is 0.510. The lowest BCUT2D eigenvalue weighted by atomic mass is 9.86. The number of carboxylic acid groups (broad SMARTS) is 1. The smallest absolute Gasteiger partial charge is 0.304 e. The number of hydrazine groups is 1. The van der Waals surface area contributed by atoms with E-state index in [-0.39, 0.29) is 24.5 Å². The average Bonchev–Trinajstić information content (AvgIpc) is 3.46. The van der Waals surface area contributed by atoms with Gasteiger partial charge in [0.05, 0.1) is 24.1 Å². The second-order valence-electron chi connectivity index (χ2n) is 18.4. The van der Waals surface area contributed by atoms with Crippen molar-refractivity contribution in [2.75, 3.05) is 87.1 Å². The highest BCUT2D eigenvalue weighted by molar-refractivity contribution is 7.97. The number of fused-ring (bicyclic) bond motifs is 1. The highest BCUT2D eigenvalue weighted by atomic mass is 32.2. The second kappa shape index (κ2) is 20.9. The maximum Gasteiger partial charge on any atom is 0.304 e. The first-order valence-electron chi connectivity index (χ1n) is 23.3. The zero-order valence-electron chi connectivity index (χ0n) is 38.4. The van der Waals surface area contributed by atoms with Gasteiger partial charge in [-0.25, -0.2) is 10.1 Å². The van der Waals surface area contributed by atoms with Gasteiger partial charge in [0, 0.05) is 89.7 Å². The van der Waals surface area contributed by atoms with Crippen molar-refractivity contribution in [3.05, 3.63) is 88.6 Å². The number of amides is 1. The molecule has 4 aliphatic rings. The van der Waals surface area contributed by atoms with Crippen LogP contribution in [0.15, 0.2) is 65.6 Å². The number of anilines is 4. The van der Waals surface area contributed by atoms with Crippen molar-refractivity contribution in [2.24, 2.45) is 11.8 Å². The summed E-state index contributed by atoms with van der Waals surface area (Å²) in [5.41, 5.74) is 12.9. The molecule has 3 aromatic carbocycles. The number of nitrogen functional groups attached to an aromatic ring is 1. The number of ether oxygens (including phenoxy) is 2. The van der Waals surface area contributed by atoms with Crippen molar-refractivity contribution in [3.8, 4) is 11.5 Å². The van der Waals surface area contributed by atoms with Gasteiger partial charge in [-0.3, -0.25) is 14.5 Å². The van der Waals surface area contributed by atoms with Gasteiger partial charge in [0.1, 0.15) is 23.3 Å². The summed E-state index contributed by atoms with van der Waals surface area (Å²) >= 11 is 1.71. The monoisotopic (exact) mass is 906 g/mol. The Morgan fingerprint density at radius 3 is 2.40 bits per heavy atom. The van der Waals surface area contributed by atoms with Gasteiger partial charge in [-0.05, 0) is 116 Å². The molecule has 4 heterocycles. The van der Waals surface area contributed by atoms with Crippen molar-refractivity contribution in [1.82, 2.24) is 24.7 Å². The van der Waals surface area contributed by atoms with E-state index < -0.39 is 11.9 Å². The summed E-state index contributed by atoms with van der Waals surface area (Å²) in [4.78, 5) is 33.4. The minimum Gasteiger partial charge on any atom is -0.494 e. The molecule has 348 valence electrons. The molecular formula is C49H66N10O5S. The lowest BCUT2D eigenvalue weighted by Crippen LogP contribution is -2.49. The molecule has 1 amide bonds. The van der Waals surface area contributed by atoms with Crippen LogP contribution in [0.1, 0.15) is 97.0 Å². The summed E-state index contributed by atoms with van der Waals surface area (Å²) < 4.78 is 14.6. The molecule has 3 fully saturated rings. The van der Waals surface area contributed by atoms with Crippen molar-refractivity contribution in [1.29, 1.82) is 0 Å². The lowest BCUT2D eigenvalue weighted by Gasteiger charge is -2.39. The zero-order valence-corrected chi connectivity index (χ0v) is 39.2. The maximum atomic E-state index is 12.7. The fourth-order valence-corrected chi connectivity index (χ4v) is 11.0. The molecule has 15 nitrogen and oxygen atoms in total. The summed E-state index contributed by atoms with van der Waals surface area (Å²) in [5, 5.41) is 23.3. The lowest BCUT2D eigenvalue weighted by molar-refractivity contribution is -0.137. The van der Waals surface area contributed by atoms with E-state index in [1.165, 1.54) is 30.0 Å². The van der Waals surface area contributed by atoms with Crippen molar-refractivity contribution in [3.63, 3.8) is 0 Å². The van der Waals surface area contributed by atoms with E-state index in [4.69, 9.17) is 21.1 Å². The molecule has 1 aliphatic carbocycles. The molecule has 1 aromatic heterocycles. The normalized spacial score (nSPS) is 19.5. The van der Waals surface area contributed by atoms with E-state index in [1.807, 2.05) is 24.3 Å². The molecule has 8 rings (SSSR count). The Kier molecular flexibility index (Phi) is 14.9. The number of nitrogens with zero attached hydrogens (tertiary/aromatic N) is 7. The molecule has 1 saturated carbocycles. The number of methoxy groups -OCH3 is 1. The molecule has 6 N–H and O–H groups in total. The Morgan fingerprint density at radius 2 is 1.71 bits per heavy atom. The summed E-state index contributed by atoms with van der Waals surface area (Å²) in [7, 11) is 3.24. The molecular weight excluding hydrogens is 841 g/mol. The topological polar surface area (TPSA) is 179 Å². The largest absolute Gasteiger partial charge is 0.494 e. The predicted molar refractivity (Wildman–Crippen MR) is 258 cm³/mol. The Balaban J connectivity index is 0.842. The number of aromatic nitrogens is 2. The van der Waals surface area contributed by atoms with Crippen molar-refractivity contribution in [2.45, 2.75) is 94.7 Å². The summed E-state index contributed by atoms with van der Waals surface area (Å²) in [6.07, 6.45) is 7.80. The number of piperidine rings is 1. The van der Waals surface area contributed by atoms with Crippen LogP contribution in [-0.2, 0) is 11.3 Å². The number of nitrogens with two attached hydrogens (primary N) is 2. The van der Waals surface area contributed by atoms with E-state index in [0.717, 1.165) is 117 Å². The first-order valence-corrected chi connectivity index (χ1v) is 24.1. The van der Waals surface area contributed by atoms with Gasteiger partial charge in [0.2, 0.25) is 0 Å². The average molecular weight is 907 g/mol. The molecule has 0 bridgehead atoms. The first-order chi connectivity index (χ1) is 31.4. The van der Waals surface area contributed by atoms with Crippen molar-refractivity contribution < 1.29 is 24.2 Å². The van der Waals surface area contributed by atoms with Crippen LogP contribution in [0.3, 0.4) is 0 Å². The number of nitrogens with one attached hydrogen (secondary N) is 1. The molecule has 16 heteroatoms. The second-order valence-corrected chi connectivity index (χ2v) is 19.5. The van der Waals surface area contributed by atoms with Gasteiger partial charge in [-0.15, -0.1) is 10.2 Å². The summed E-state index contributed by atoms with van der Waals surface area (Å²) in [6.45, 7) is 12.6. The number of aryl methyl sites for hydroxylation is 1. The molecule has 2 unspecified atom stereocenters. The maximum absolute atomic E-state index is 12.7. The Hall–Kier alpha value is -5.29.